The van der Waals surface area contributed by atoms with Crippen LogP contribution in [-0.2, 0) is 27.4 Å². The lowest BCUT2D eigenvalue weighted by atomic mass is 10.0. The number of esters is 1. The maximum Gasteiger partial charge on any atom is 0.391 e. The molecule has 0 amide bonds. The van der Waals surface area contributed by atoms with Gasteiger partial charge in [0.05, 0.1) is 0 Å². The van der Waals surface area contributed by atoms with Crippen LogP contribution >= 0.6 is 11.6 Å². The van der Waals surface area contributed by atoms with Gasteiger partial charge in [0, 0.05) is 0 Å². The van der Waals surface area contributed by atoms with Crippen LogP contribution in [0.3, 0.4) is 0 Å². The van der Waals surface area contributed by atoms with E-state index in [4.69, 9.17) is 16.3 Å². The fraction of sp³-hybridized carbons (Fsp3) is 0.125. The highest BCUT2D eigenvalue weighted by atomic mass is 35.5. The van der Waals surface area contributed by atoms with Crippen molar-refractivity contribution in [3.63, 3.8) is 0 Å². The van der Waals surface area contributed by atoms with Gasteiger partial charge in [-0.25, -0.2) is 4.79 Å². The fourth-order valence-electron chi connectivity index (χ4n) is 2.56. The molecule has 3 nitrogen and oxygen atoms in total. The highest BCUT2D eigenvalue weighted by Gasteiger charge is 2.21. The standard InChI is InChI=1S/C16H11ClO3/c17-15(18)16(19)20-9-11-5-3-7-13-12-6-2-1-4-10(12)8-14(11)13/h1-7H,8-9H2. The molecule has 4 heteroatoms. The number of carbonyl (C=O) groups is 2. The van der Waals surface area contributed by atoms with Crippen molar-refractivity contribution in [2.24, 2.45) is 0 Å². The molecule has 0 atom stereocenters. The number of rotatable bonds is 3. The molecule has 0 saturated heterocycles. The summed E-state index contributed by atoms with van der Waals surface area (Å²) in [6, 6.07) is 14.1. The monoisotopic (exact) mass is 286 g/mol. The van der Waals surface area contributed by atoms with Crippen molar-refractivity contribution in [1.29, 1.82) is 0 Å². The van der Waals surface area contributed by atoms with Crippen molar-refractivity contribution in [3.05, 3.63) is 59.2 Å². The van der Waals surface area contributed by atoms with Gasteiger partial charge in [0.25, 0.3) is 0 Å². The number of ether oxygens (including phenoxy) is 1. The zero-order valence-corrected chi connectivity index (χ0v) is 11.3. The normalized spacial score (nSPS) is 11.7. The van der Waals surface area contributed by atoms with Gasteiger partial charge >= 0.3 is 11.2 Å². The Hall–Kier alpha value is -2.13. The summed E-state index contributed by atoms with van der Waals surface area (Å²) in [5, 5.41) is -1.10. The molecule has 0 spiro atoms. The van der Waals surface area contributed by atoms with E-state index >= 15 is 0 Å². The number of carbonyl (C=O) groups excluding carboxylic acids is 2. The number of hydrogen-bond donors (Lipinski definition) is 0. The zero-order valence-electron chi connectivity index (χ0n) is 10.6. The molecule has 0 bridgehead atoms. The Morgan fingerprint density at radius 1 is 1.05 bits per heavy atom. The third-order valence-corrected chi connectivity index (χ3v) is 3.62. The quantitative estimate of drug-likeness (QED) is 0.422. The van der Waals surface area contributed by atoms with Crippen LogP contribution in [0, 0.1) is 0 Å². The molecule has 0 saturated carbocycles. The van der Waals surface area contributed by atoms with Gasteiger partial charge in [-0.2, -0.15) is 0 Å². The van der Waals surface area contributed by atoms with Gasteiger partial charge in [-0.3, -0.25) is 4.79 Å². The average Bonchev–Trinajstić information content (AvgIpc) is 2.83. The van der Waals surface area contributed by atoms with Crippen molar-refractivity contribution in [1.82, 2.24) is 0 Å². The Bertz CT molecular complexity index is 707. The Kier molecular flexibility index (Phi) is 3.28. The second kappa shape index (κ2) is 5.10. The van der Waals surface area contributed by atoms with Crippen LogP contribution in [0.1, 0.15) is 16.7 Å². The highest BCUT2D eigenvalue weighted by Crippen LogP contribution is 2.38. The number of halogens is 1. The van der Waals surface area contributed by atoms with Gasteiger partial charge < -0.3 is 4.74 Å². The van der Waals surface area contributed by atoms with Gasteiger partial charge in [0.2, 0.25) is 0 Å². The van der Waals surface area contributed by atoms with E-state index in [2.05, 4.69) is 18.2 Å². The Labute approximate surface area is 121 Å². The SMILES string of the molecule is O=C(Cl)C(=O)OCc1cccc2c1Cc1ccccc1-2. The average molecular weight is 287 g/mol. The van der Waals surface area contributed by atoms with Crippen LogP contribution in [0.15, 0.2) is 42.5 Å². The van der Waals surface area contributed by atoms with Crippen molar-refractivity contribution >= 4 is 22.8 Å². The van der Waals surface area contributed by atoms with E-state index in [0.717, 1.165) is 23.1 Å². The zero-order chi connectivity index (χ0) is 14.1. The third kappa shape index (κ3) is 2.21. The van der Waals surface area contributed by atoms with Gasteiger partial charge in [-0.1, -0.05) is 42.5 Å². The molecule has 100 valence electrons. The minimum absolute atomic E-state index is 0.0639. The fourth-order valence-corrected chi connectivity index (χ4v) is 2.61. The predicted octanol–water partition coefficient (Wildman–Crippen LogP) is 3.07. The van der Waals surface area contributed by atoms with Crippen LogP contribution < -0.4 is 0 Å². The van der Waals surface area contributed by atoms with Gasteiger partial charge in [-0.05, 0) is 45.8 Å². The van der Waals surface area contributed by atoms with Crippen LogP contribution in [0.5, 0.6) is 0 Å². The molecule has 2 aromatic carbocycles. The van der Waals surface area contributed by atoms with Gasteiger partial charge in [0.15, 0.2) is 0 Å². The highest BCUT2D eigenvalue weighted by molar-refractivity contribution is 6.80. The summed E-state index contributed by atoms with van der Waals surface area (Å²) in [6.07, 6.45) is 0.814. The maximum atomic E-state index is 11.1. The molecule has 0 heterocycles. The lowest BCUT2D eigenvalue weighted by Gasteiger charge is -2.08. The summed E-state index contributed by atoms with van der Waals surface area (Å²) in [7, 11) is 0. The minimum atomic E-state index is -1.10. The van der Waals surface area contributed by atoms with Crippen LogP contribution in [-0.4, -0.2) is 11.2 Å². The summed E-state index contributed by atoms with van der Waals surface area (Å²) < 4.78 is 4.89. The first-order valence-corrected chi connectivity index (χ1v) is 6.60. The number of benzene rings is 2. The molecule has 0 N–H and O–H groups in total. The molecule has 0 fully saturated rings. The Morgan fingerprint density at radius 2 is 1.80 bits per heavy atom. The van der Waals surface area contributed by atoms with E-state index in [0.29, 0.717) is 0 Å². The van der Waals surface area contributed by atoms with E-state index in [-0.39, 0.29) is 6.61 Å². The third-order valence-electron chi connectivity index (χ3n) is 3.47. The van der Waals surface area contributed by atoms with E-state index in [1.54, 1.807) is 0 Å². The van der Waals surface area contributed by atoms with Crippen LogP contribution in [0.25, 0.3) is 11.1 Å². The second-order valence-corrected chi connectivity index (χ2v) is 4.97. The molecule has 0 radical (unpaired) electrons. The molecule has 3 rings (SSSR count). The lowest BCUT2D eigenvalue weighted by molar-refractivity contribution is -0.151. The summed E-state index contributed by atoms with van der Waals surface area (Å²) >= 11 is 5.07. The lowest BCUT2D eigenvalue weighted by Crippen LogP contribution is -2.12. The molecular formula is C16H11ClO3. The summed E-state index contributed by atoms with van der Waals surface area (Å²) in [6.45, 7) is 0.0639. The molecule has 0 aliphatic heterocycles. The van der Waals surface area contributed by atoms with Gasteiger partial charge in [-0.15, -0.1) is 0 Å². The van der Waals surface area contributed by atoms with E-state index in [1.165, 1.54) is 11.1 Å². The largest absolute Gasteiger partial charge is 0.454 e. The van der Waals surface area contributed by atoms with Crippen LogP contribution in [0.2, 0.25) is 0 Å². The Balaban J connectivity index is 1.90. The Morgan fingerprint density at radius 3 is 2.60 bits per heavy atom. The van der Waals surface area contributed by atoms with E-state index in [1.807, 2.05) is 24.3 Å². The van der Waals surface area contributed by atoms with Crippen LogP contribution in [0.4, 0.5) is 0 Å². The first-order chi connectivity index (χ1) is 9.66. The summed E-state index contributed by atoms with van der Waals surface area (Å²) in [4.78, 5) is 21.8. The molecule has 20 heavy (non-hydrogen) atoms. The van der Waals surface area contributed by atoms with E-state index < -0.39 is 11.2 Å². The molecule has 1 aliphatic carbocycles. The molecule has 0 unspecified atom stereocenters. The smallest absolute Gasteiger partial charge is 0.391 e. The number of hydrogen-bond acceptors (Lipinski definition) is 3. The summed E-state index contributed by atoms with van der Waals surface area (Å²) in [5.41, 5.74) is 5.68. The van der Waals surface area contributed by atoms with E-state index in [9.17, 15) is 9.59 Å². The van der Waals surface area contributed by atoms with Crippen molar-refractivity contribution in [2.45, 2.75) is 13.0 Å². The van der Waals surface area contributed by atoms with Gasteiger partial charge in [0.1, 0.15) is 6.61 Å². The second-order valence-electron chi connectivity index (χ2n) is 4.63. The first-order valence-electron chi connectivity index (χ1n) is 6.22. The minimum Gasteiger partial charge on any atom is -0.454 e. The van der Waals surface area contributed by atoms with Crippen molar-refractivity contribution < 1.29 is 14.3 Å². The van der Waals surface area contributed by atoms with Crippen molar-refractivity contribution in [2.75, 3.05) is 0 Å². The predicted molar refractivity (Wildman–Crippen MR) is 75.3 cm³/mol. The molecule has 2 aromatic rings. The number of fused-ring (bicyclic) bond motifs is 3. The first kappa shape index (κ1) is 12.9. The topological polar surface area (TPSA) is 43.4 Å². The molecule has 0 aromatic heterocycles. The molecule has 1 aliphatic rings. The maximum absolute atomic E-state index is 11.1. The van der Waals surface area contributed by atoms with Crippen molar-refractivity contribution in [3.8, 4) is 11.1 Å². The summed E-state index contributed by atoms with van der Waals surface area (Å²) in [5.74, 6) is -1.01. The molecular weight excluding hydrogens is 276 g/mol.